The average molecular weight is 399 g/mol. The third-order valence-corrected chi connectivity index (χ3v) is 5.83. The first-order valence-corrected chi connectivity index (χ1v) is 10.6. The number of nitrogens with zero attached hydrogens (tertiary/aromatic N) is 3. The average Bonchev–Trinajstić information content (AvgIpc) is 2.70. The van der Waals surface area contributed by atoms with E-state index in [0.717, 1.165) is 49.4 Å². The summed E-state index contributed by atoms with van der Waals surface area (Å²) >= 11 is 0. The Balaban J connectivity index is 1.52. The highest BCUT2D eigenvalue weighted by Gasteiger charge is 2.24. The van der Waals surface area contributed by atoms with Gasteiger partial charge in [-0.3, -0.25) is 14.7 Å². The van der Waals surface area contributed by atoms with Crippen LogP contribution in [0.5, 0.6) is 11.5 Å². The Kier molecular flexibility index (Phi) is 5.76. The zero-order valence-electron chi connectivity index (χ0n) is 17.3. The fourth-order valence-corrected chi connectivity index (χ4v) is 4.33. The highest BCUT2D eigenvalue weighted by molar-refractivity contribution is 5.42. The number of aromatic amines is 1. The summed E-state index contributed by atoms with van der Waals surface area (Å²) in [5.74, 6) is 2.01. The topological polar surface area (TPSA) is 81.7 Å². The molecule has 0 saturated carbocycles. The van der Waals surface area contributed by atoms with E-state index in [9.17, 15) is 9.90 Å². The van der Waals surface area contributed by atoms with Gasteiger partial charge >= 0.3 is 0 Å². The van der Waals surface area contributed by atoms with E-state index < -0.39 is 0 Å². The molecule has 3 heterocycles. The summed E-state index contributed by atoms with van der Waals surface area (Å²) in [6.07, 6.45) is 3.07. The Labute approximate surface area is 171 Å². The number of ether oxygens (including phenoxy) is 1. The molecular formula is C22H30N4O3. The molecule has 4 rings (SSSR count). The number of aromatic nitrogens is 2. The van der Waals surface area contributed by atoms with Gasteiger partial charge in [-0.05, 0) is 49.8 Å². The van der Waals surface area contributed by atoms with E-state index in [-0.39, 0.29) is 11.3 Å². The molecule has 1 saturated heterocycles. The van der Waals surface area contributed by atoms with Crippen LogP contribution in [0.25, 0.3) is 0 Å². The Morgan fingerprint density at radius 1 is 1.34 bits per heavy atom. The van der Waals surface area contributed by atoms with Gasteiger partial charge in [0.05, 0.1) is 12.3 Å². The molecule has 7 heteroatoms. The minimum Gasteiger partial charge on any atom is -0.504 e. The number of nitrogens with one attached hydrogen (secondary N) is 1. The van der Waals surface area contributed by atoms with Crippen LogP contribution in [0.3, 0.4) is 0 Å². The second kappa shape index (κ2) is 8.45. The molecule has 1 atom stereocenters. The minimum absolute atomic E-state index is 0.00569. The molecule has 2 N–H and O–H groups in total. The van der Waals surface area contributed by atoms with Crippen LogP contribution in [0, 0.1) is 5.92 Å². The van der Waals surface area contributed by atoms with Gasteiger partial charge < -0.3 is 14.7 Å². The van der Waals surface area contributed by atoms with Crippen molar-refractivity contribution in [2.45, 2.75) is 46.2 Å². The van der Waals surface area contributed by atoms with E-state index in [2.05, 4.69) is 21.7 Å². The molecule has 0 spiro atoms. The summed E-state index contributed by atoms with van der Waals surface area (Å²) in [5, 5.41) is 9.91. The van der Waals surface area contributed by atoms with Crippen molar-refractivity contribution >= 4 is 5.95 Å². The predicted octanol–water partition coefficient (Wildman–Crippen LogP) is 2.67. The minimum atomic E-state index is 0.00569. The number of rotatable bonds is 5. The molecule has 0 radical (unpaired) electrons. The van der Waals surface area contributed by atoms with E-state index in [4.69, 9.17) is 9.72 Å². The molecule has 1 aromatic carbocycles. The quantitative estimate of drug-likeness (QED) is 0.806. The lowest BCUT2D eigenvalue weighted by molar-refractivity contribution is 0.239. The molecule has 0 bridgehead atoms. The Bertz CT molecular complexity index is 927. The van der Waals surface area contributed by atoms with Gasteiger partial charge in [-0.15, -0.1) is 0 Å². The fraction of sp³-hybridized carbons (Fsp3) is 0.545. The number of benzene rings is 1. The highest BCUT2D eigenvalue weighted by atomic mass is 16.5. The number of phenols is 1. The summed E-state index contributed by atoms with van der Waals surface area (Å²) in [5.41, 5.74) is 2.78. The zero-order valence-corrected chi connectivity index (χ0v) is 17.3. The SMILES string of the molecule is CCOc1cc(CN2CCc3c(nc(N4CCC[C@H](C)C4)[nH]c3=O)C2)ccc1O. The van der Waals surface area contributed by atoms with Crippen LogP contribution in [0.2, 0.25) is 0 Å². The molecule has 0 unspecified atom stereocenters. The lowest BCUT2D eigenvalue weighted by atomic mass is 10.0. The van der Waals surface area contributed by atoms with Gasteiger partial charge in [0.2, 0.25) is 5.95 Å². The lowest BCUT2D eigenvalue weighted by Gasteiger charge is -2.33. The van der Waals surface area contributed by atoms with Gasteiger partial charge in [-0.1, -0.05) is 13.0 Å². The largest absolute Gasteiger partial charge is 0.504 e. The molecular weight excluding hydrogens is 368 g/mol. The molecule has 7 nitrogen and oxygen atoms in total. The first-order valence-electron chi connectivity index (χ1n) is 10.6. The number of piperidine rings is 1. The van der Waals surface area contributed by atoms with E-state index in [0.29, 0.717) is 37.2 Å². The van der Waals surface area contributed by atoms with Gasteiger partial charge in [0, 0.05) is 38.3 Å². The summed E-state index contributed by atoms with van der Waals surface area (Å²) in [7, 11) is 0. The monoisotopic (exact) mass is 398 g/mol. The molecule has 2 aliphatic heterocycles. The Morgan fingerprint density at radius 2 is 2.21 bits per heavy atom. The zero-order chi connectivity index (χ0) is 20.4. The van der Waals surface area contributed by atoms with E-state index in [1.54, 1.807) is 6.07 Å². The maximum absolute atomic E-state index is 12.6. The molecule has 2 aliphatic rings. The molecule has 156 valence electrons. The molecule has 1 fully saturated rings. The summed E-state index contributed by atoms with van der Waals surface area (Å²) in [6, 6.07) is 5.48. The number of fused-ring (bicyclic) bond motifs is 1. The van der Waals surface area contributed by atoms with Gasteiger partial charge in [0.15, 0.2) is 11.5 Å². The van der Waals surface area contributed by atoms with Crippen LogP contribution in [0.4, 0.5) is 5.95 Å². The smallest absolute Gasteiger partial charge is 0.255 e. The standard InChI is InChI=1S/C22H30N4O3/c1-3-29-20-11-16(6-7-19(20)27)13-25-10-8-17-18(14-25)23-22(24-21(17)28)26-9-4-5-15(2)12-26/h6-7,11,15,27H,3-5,8-10,12-14H2,1-2H3,(H,23,24,28)/t15-/m0/s1. The molecule has 1 aromatic heterocycles. The highest BCUT2D eigenvalue weighted by Crippen LogP contribution is 2.28. The predicted molar refractivity (Wildman–Crippen MR) is 113 cm³/mol. The summed E-state index contributed by atoms with van der Waals surface area (Å²) < 4.78 is 5.50. The molecule has 0 aliphatic carbocycles. The van der Waals surface area contributed by atoms with Crippen molar-refractivity contribution in [2.75, 3.05) is 31.1 Å². The van der Waals surface area contributed by atoms with Gasteiger partial charge in [-0.2, -0.15) is 0 Å². The number of hydrogen-bond donors (Lipinski definition) is 2. The third-order valence-electron chi connectivity index (χ3n) is 5.83. The van der Waals surface area contributed by atoms with Crippen LogP contribution in [-0.4, -0.2) is 46.2 Å². The van der Waals surface area contributed by atoms with E-state index in [1.807, 2.05) is 19.1 Å². The molecule has 2 aromatic rings. The Hall–Kier alpha value is -2.54. The van der Waals surface area contributed by atoms with E-state index >= 15 is 0 Å². The Morgan fingerprint density at radius 3 is 3.00 bits per heavy atom. The maximum Gasteiger partial charge on any atom is 0.255 e. The van der Waals surface area contributed by atoms with Crippen molar-refractivity contribution in [3.63, 3.8) is 0 Å². The van der Waals surface area contributed by atoms with Crippen LogP contribution >= 0.6 is 0 Å². The van der Waals surface area contributed by atoms with Crippen LogP contribution in [0.1, 0.15) is 43.5 Å². The van der Waals surface area contributed by atoms with Crippen LogP contribution in [0.15, 0.2) is 23.0 Å². The van der Waals surface area contributed by atoms with Gasteiger partial charge in [-0.25, -0.2) is 4.98 Å². The number of H-pyrrole nitrogens is 1. The van der Waals surface area contributed by atoms with Gasteiger partial charge in [0.1, 0.15) is 0 Å². The van der Waals surface area contributed by atoms with Crippen LogP contribution < -0.4 is 15.2 Å². The van der Waals surface area contributed by atoms with Crippen molar-refractivity contribution in [3.05, 3.63) is 45.4 Å². The summed E-state index contributed by atoms with van der Waals surface area (Å²) in [4.78, 5) is 25.0. The third kappa shape index (κ3) is 4.40. The molecule has 0 amide bonds. The van der Waals surface area contributed by atoms with Crippen molar-refractivity contribution in [2.24, 2.45) is 5.92 Å². The van der Waals surface area contributed by atoms with Gasteiger partial charge in [0.25, 0.3) is 5.56 Å². The van der Waals surface area contributed by atoms with Crippen LogP contribution in [-0.2, 0) is 19.5 Å². The normalized spacial score (nSPS) is 19.8. The van der Waals surface area contributed by atoms with Crippen molar-refractivity contribution < 1.29 is 9.84 Å². The number of anilines is 1. The first kappa shape index (κ1) is 19.8. The molecule has 29 heavy (non-hydrogen) atoms. The fourth-order valence-electron chi connectivity index (χ4n) is 4.33. The van der Waals surface area contributed by atoms with Crippen molar-refractivity contribution in [1.29, 1.82) is 0 Å². The number of aromatic hydroxyl groups is 1. The second-order valence-corrected chi connectivity index (χ2v) is 8.20. The lowest BCUT2D eigenvalue weighted by Crippen LogP contribution is -2.39. The second-order valence-electron chi connectivity index (χ2n) is 8.20. The maximum atomic E-state index is 12.6. The number of hydrogen-bond acceptors (Lipinski definition) is 6. The van der Waals surface area contributed by atoms with Crippen molar-refractivity contribution in [1.82, 2.24) is 14.9 Å². The summed E-state index contributed by atoms with van der Waals surface area (Å²) in [6.45, 7) is 8.74. The number of phenolic OH excluding ortho intramolecular Hbond substituents is 1. The first-order chi connectivity index (χ1) is 14.0. The van der Waals surface area contributed by atoms with Crippen molar-refractivity contribution in [3.8, 4) is 11.5 Å². The van der Waals surface area contributed by atoms with E-state index in [1.165, 1.54) is 6.42 Å².